The van der Waals surface area contributed by atoms with Gasteiger partial charge in [0.25, 0.3) is 5.56 Å². The minimum atomic E-state index is -0.169. The molecule has 178 valence electrons. The average Bonchev–Trinajstić information content (AvgIpc) is 3.35. The monoisotopic (exact) mass is 487 g/mol. The fraction of sp³-hybridized carbons (Fsp3) is 0.240. The highest BCUT2D eigenvalue weighted by atomic mass is 32.2. The van der Waals surface area contributed by atoms with Crippen LogP contribution in [-0.2, 0) is 11.8 Å². The molecule has 0 aliphatic heterocycles. The second-order valence-electron chi connectivity index (χ2n) is 8.57. The number of hydrogen-bond donors (Lipinski definition) is 1. The number of aryl methyl sites for hydroxylation is 4. The van der Waals surface area contributed by atoms with Crippen molar-refractivity contribution in [3.8, 4) is 5.69 Å². The van der Waals surface area contributed by atoms with E-state index in [1.54, 1.807) is 15.3 Å². The van der Waals surface area contributed by atoms with Gasteiger partial charge in [-0.15, -0.1) is 10.2 Å². The second kappa shape index (κ2) is 8.70. The van der Waals surface area contributed by atoms with Gasteiger partial charge in [-0.1, -0.05) is 41.6 Å². The summed E-state index contributed by atoms with van der Waals surface area (Å²) in [4.78, 5) is 26.3. The first kappa shape index (κ1) is 22.9. The van der Waals surface area contributed by atoms with Crippen LogP contribution in [0.15, 0.2) is 52.4 Å². The highest BCUT2D eigenvalue weighted by Gasteiger charge is 2.20. The molecule has 0 fully saturated rings. The number of thioether (sulfide) groups is 1. The van der Waals surface area contributed by atoms with E-state index < -0.39 is 0 Å². The zero-order valence-electron chi connectivity index (χ0n) is 20.2. The maximum Gasteiger partial charge on any atom is 0.267 e. The first-order valence-corrected chi connectivity index (χ1v) is 12.1. The first-order chi connectivity index (χ1) is 16.8. The van der Waals surface area contributed by atoms with Gasteiger partial charge in [0.05, 0.1) is 39.4 Å². The molecule has 35 heavy (non-hydrogen) atoms. The Morgan fingerprint density at radius 2 is 1.83 bits per heavy atom. The van der Waals surface area contributed by atoms with Gasteiger partial charge in [0.2, 0.25) is 11.7 Å². The molecule has 0 radical (unpaired) electrons. The average molecular weight is 488 g/mol. The number of rotatable bonds is 5. The van der Waals surface area contributed by atoms with Crippen molar-refractivity contribution in [1.29, 1.82) is 0 Å². The summed E-state index contributed by atoms with van der Waals surface area (Å²) in [6.45, 7) is 7.76. The van der Waals surface area contributed by atoms with Gasteiger partial charge in [0, 0.05) is 7.05 Å². The van der Waals surface area contributed by atoms with E-state index in [0.717, 1.165) is 33.9 Å². The third-order valence-corrected chi connectivity index (χ3v) is 7.02. The van der Waals surface area contributed by atoms with Crippen molar-refractivity contribution >= 4 is 40.0 Å². The maximum absolute atomic E-state index is 13.5. The molecule has 0 saturated carbocycles. The SMILES string of the molecule is Cc1ccc(-n2c(=O)c3ccccc3n3c(SCC(=O)Nc4c(C)nn(C)c4C)nnc23)c(C)c1. The zero-order valence-corrected chi connectivity index (χ0v) is 21.0. The Morgan fingerprint density at radius 1 is 1.06 bits per heavy atom. The highest BCUT2D eigenvalue weighted by Crippen LogP contribution is 2.25. The summed E-state index contributed by atoms with van der Waals surface area (Å²) in [7, 11) is 1.84. The third-order valence-electron chi connectivity index (χ3n) is 6.09. The van der Waals surface area contributed by atoms with Crippen molar-refractivity contribution in [3.05, 3.63) is 75.3 Å². The molecule has 3 heterocycles. The smallest absolute Gasteiger partial charge is 0.267 e. The zero-order chi connectivity index (χ0) is 24.9. The van der Waals surface area contributed by atoms with Gasteiger partial charge >= 0.3 is 0 Å². The molecular formula is C25H25N7O2S. The third kappa shape index (κ3) is 3.89. The number of nitrogens with zero attached hydrogens (tertiary/aromatic N) is 6. The molecule has 0 saturated heterocycles. The quantitative estimate of drug-likeness (QED) is 0.379. The van der Waals surface area contributed by atoms with Crippen LogP contribution in [0, 0.1) is 27.7 Å². The van der Waals surface area contributed by atoms with Gasteiger partial charge < -0.3 is 5.32 Å². The Morgan fingerprint density at radius 3 is 2.54 bits per heavy atom. The fourth-order valence-corrected chi connectivity index (χ4v) is 5.05. The molecule has 1 amide bonds. The number of aromatic nitrogens is 6. The van der Waals surface area contributed by atoms with Crippen molar-refractivity contribution in [2.75, 3.05) is 11.1 Å². The summed E-state index contributed by atoms with van der Waals surface area (Å²) >= 11 is 1.27. The van der Waals surface area contributed by atoms with Gasteiger partial charge in [-0.2, -0.15) is 5.10 Å². The molecule has 2 aromatic carbocycles. The maximum atomic E-state index is 13.5. The fourth-order valence-electron chi connectivity index (χ4n) is 4.31. The number of para-hydroxylation sites is 1. The molecule has 1 N–H and O–H groups in total. The largest absolute Gasteiger partial charge is 0.322 e. The Balaban J connectivity index is 1.57. The number of benzene rings is 2. The van der Waals surface area contributed by atoms with E-state index in [1.807, 2.05) is 75.5 Å². The number of nitrogens with one attached hydrogen (secondary N) is 1. The van der Waals surface area contributed by atoms with Crippen LogP contribution in [0.3, 0.4) is 0 Å². The van der Waals surface area contributed by atoms with E-state index in [-0.39, 0.29) is 17.2 Å². The van der Waals surface area contributed by atoms with E-state index in [2.05, 4.69) is 20.6 Å². The van der Waals surface area contributed by atoms with Gasteiger partial charge in [-0.05, 0) is 51.5 Å². The molecule has 0 spiro atoms. The second-order valence-corrected chi connectivity index (χ2v) is 9.51. The van der Waals surface area contributed by atoms with E-state index in [1.165, 1.54) is 11.8 Å². The Hall–Kier alpha value is -3.92. The highest BCUT2D eigenvalue weighted by molar-refractivity contribution is 7.99. The minimum Gasteiger partial charge on any atom is -0.322 e. The molecule has 0 bridgehead atoms. The molecular weight excluding hydrogens is 462 g/mol. The van der Waals surface area contributed by atoms with Crippen LogP contribution in [0.2, 0.25) is 0 Å². The van der Waals surface area contributed by atoms with E-state index in [4.69, 9.17) is 0 Å². The molecule has 0 aliphatic rings. The molecule has 0 unspecified atom stereocenters. The van der Waals surface area contributed by atoms with Crippen LogP contribution in [0.1, 0.15) is 22.5 Å². The van der Waals surface area contributed by atoms with Gasteiger partial charge in [0.15, 0.2) is 5.16 Å². The van der Waals surface area contributed by atoms with Crippen molar-refractivity contribution in [3.63, 3.8) is 0 Å². The van der Waals surface area contributed by atoms with Crippen LogP contribution >= 0.6 is 11.8 Å². The number of carbonyl (C=O) groups excluding carboxylic acids is 1. The summed E-state index contributed by atoms with van der Waals surface area (Å²) < 4.78 is 5.17. The lowest BCUT2D eigenvalue weighted by Gasteiger charge is -2.13. The molecule has 5 rings (SSSR count). The Bertz CT molecular complexity index is 1680. The van der Waals surface area contributed by atoms with Crippen LogP contribution in [-0.4, -0.2) is 40.6 Å². The summed E-state index contributed by atoms with van der Waals surface area (Å²) in [6.07, 6.45) is 0. The predicted molar refractivity (Wildman–Crippen MR) is 138 cm³/mol. The number of amides is 1. The van der Waals surface area contributed by atoms with Gasteiger partial charge in [-0.3, -0.25) is 18.7 Å². The van der Waals surface area contributed by atoms with E-state index in [9.17, 15) is 9.59 Å². The van der Waals surface area contributed by atoms with Crippen molar-refractivity contribution in [1.82, 2.24) is 28.9 Å². The Kier molecular flexibility index (Phi) is 5.68. The molecule has 5 aromatic rings. The van der Waals surface area contributed by atoms with Gasteiger partial charge in [-0.25, -0.2) is 4.57 Å². The lowest BCUT2D eigenvalue weighted by atomic mass is 10.1. The summed E-state index contributed by atoms with van der Waals surface area (Å²) in [5, 5.41) is 17.1. The molecule has 0 atom stereocenters. The number of carbonyl (C=O) groups is 1. The van der Waals surface area contributed by atoms with Crippen LogP contribution in [0.25, 0.3) is 22.4 Å². The van der Waals surface area contributed by atoms with Crippen molar-refractivity contribution in [2.45, 2.75) is 32.9 Å². The lowest BCUT2D eigenvalue weighted by Crippen LogP contribution is -2.22. The molecule has 10 heteroatoms. The lowest BCUT2D eigenvalue weighted by molar-refractivity contribution is -0.113. The number of anilines is 1. The molecule has 9 nitrogen and oxygen atoms in total. The predicted octanol–water partition coefficient (Wildman–Crippen LogP) is 3.73. The standard InChI is InChI=1S/C25H25N7O2S/c1-14-10-11-19(15(2)12-14)31-23(34)18-8-6-7-9-20(18)32-24(31)27-28-25(32)35-13-21(33)26-22-16(3)29-30(5)17(22)4/h6-12H,13H2,1-5H3,(H,26,33). The first-order valence-electron chi connectivity index (χ1n) is 11.2. The van der Waals surface area contributed by atoms with Crippen LogP contribution in [0.5, 0.6) is 0 Å². The van der Waals surface area contributed by atoms with E-state index in [0.29, 0.717) is 21.8 Å². The minimum absolute atomic E-state index is 0.131. The summed E-state index contributed by atoms with van der Waals surface area (Å²) in [5.41, 5.74) is 5.72. The normalized spacial score (nSPS) is 11.5. The molecule has 3 aromatic heterocycles. The topological polar surface area (TPSA) is 99.1 Å². The Labute approximate surface area is 205 Å². The van der Waals surface area contributed by atoms with Gasteiger partial charge in [0.1, 0.15) is 0 Å². The summed E-state index contributed by atoms with van der Waals surface area (Å²) in [5.74, 6) is 0.367. The number of hydrogen-bond acceptors (Lipinski definition) is 6. The number of fused-ring (bicyclic) bond motifs is 3. The van der Waals surface area contributed by atoms with E-state index >= 15 is 0 Å². The summed E-state index contributed by atoms with van der Waals surface area (Å²) in [6, 6.07) is 13.3. The van der Waals surface area contributed by atoms with Crippen LogP contribution in [0.4, 0.5) is 5.69 Å². The van der Waals surface area contributed by atoms with Crippen molar-refractivity contribution in [2.24, 2.45) is 7.05 Å². The molecule has 0 aliphatic carbocycles. The van der Waals surface area contributed by atoms with Crippen LogP contribution < -0.4 is 10.9 Å². The van der Waals surface area contributed by atoms with Crippen molar-refractivity contribution < 1.29 is 4.79 Å².